The summed E-state index contributed by atoms with van der Waals surface area (Å²) in [5, 5.41) is 11.8. The Labute approximate surface area is 120 Å². The fourth-order valence-electron chi connectivity index (χ4n) is 2.23. The van der Waals surface area contributed by atoms with E-state index in [4.69, 9.17) is 10.00 Å². The molecule has 1 aromatic heterocycles. The Kier molecular flexibility index (Phi) is 4.96. The quantitative estimate of drug-likeness (QED) is 0.925. The maximum absolute atomic E-state index is 12.1. The van der Waals surface area contributed by atoms with E-state index in [-0.39, 0.29) is 12.1 Å². The van der Waals surface area contributed by atoms with Gasteiger partial charge in [-0.3, -0.25) is 0 Å². The van der Waals surface area contributed by atoms with Crippen LogP contribution in [-0.4, -0.2) is 34.9 Å². The number of nitriles is 1. The summed E-state index contributed by atoms with van der Waals surface area (Å²) in [6.45, 7) is -1.19. The first-order chi connectivity index (χ1) is 9.96. The number of nitrogens with zero attached hydrogens (tertiary/aromatic N) is 3. The molecule has 0 aliphatic heterocycles. The lowest BCUT2D eigenvalue weighted by molar-refractivity contribution is -0.187. The number of hydrogen-bond acceptors (Lipinski definition) is 5. The standard InChI is InChI=1S/C13H15F3N4O/c14-13(15,16)8-21-11-3-1-10(2-4-11)20-12-18-6-9(5-17)7-19-12/h6-7,10-11H,1-4,8H2,(H,18,19,20). The number of hydrogen-bond donors (Lipinski definition) is 1. The highest BCUT2D eigenvalue weighted by Crippen LogP contribution is 2.25. The Bertz CT molecular complexity index is 490. The lowest BCUT2D eigenvalue weighted by atomic mass is 9.93. The molecular formula is C13H15F3N4O. The molecule has 0 radical (unpaired) electrons. The van der Waals surface area contributed by atoms with Gasteiger partial charge in [0.1, 0.15) is 12.7 Å². The predicted octanol–water partition coefficient (Wildman–Crippen LogP) is 2.65. The van der Waals surface area contributed by atoms with Crippen molar-refractivity contribution < 1.29 is 17.9 Å². The molecule has 1 heterocycles. The molecule has 0 aromatic carbocycles. The normalized spacial score (nSPS) is 22.6. The van der Waals surface area contributed by atoms with E-state index in [1.165, 1.54) is 12.4 Å². The minimum Gasteiger partial charge on any atom is -0.369 e. The van der Waals surface area contributed by atoms with Crippen LogP contribution in [0.3, 0.4) is 0 Å². The van der Waals surface area contributed by atoms with Gasteiger partial charge in [0.15, 0.2) is 0 Å². The minimum atomic E-state index is -4.27. The summed E-state index contributed by atoms with van der Waals surface area (Å²) in [7, 11) is 0. The van der Waals surface area contributed by atoms with Gasteiger partial charge >= 0.3 is 6.18 Å². The molecule has 1 aliphatic rings. The molecule has 5 nitrogen and oxygen atoms in total. The maximum Gasteiger partial charge on any atom is 0.411 e. The molecule has 0 amide bonds. The molecule has 1 aromatic rings. The SMILES string of the molecule is N#Cc1cnc(NC2CCC(OCC(F)(F)F)CC2)nc1. The van der Waals surface area contributed by atoms with Gasteiger partial charge in [0.25, 0.3) is 0 Å². The Morgan fingerprint density at radius 3 is 2.38 bits per heavy atom. The van der Waals surface area contributed by atoms with Crippen molar-refractivity contribution in [3.05, 3.63) is 18.0 Å². The van der Waals surface area contributed by atoms with E-state index in [0.717, 1.165) is 0 Å². The minimum absolute atomic E-state index is 0.115. The fraction of sp³-hybridized carbons (Fsp3) is 0.615. The van der Waals surface area contributed by atoms with Crippen molar-refractivity contribution in [2.75, 3.05) is 11.9 Å². The zero-order valence-electron chi connectivity index (χ0n) is 11.2. The summed E-state index contributed by atoms with van der Waals surface area (Å²) in [6.07, 6.45) is 0.782. The summed E-state index contributed by atoms with van der Waals surface area (Å²) < 4.78 is 41.0. The van der Waals surface area contributed by atoms with Crippen molar-refractivity contribution in [3.8, 4) is 6.07 Å². The Balaban J connectivity index is 1.75. The molecule has 0 atom stereocenters. The topological polar surface area (TPSA) is 70.8 Å². The number of alkyl halides is 3. The molecule has 21 heavy (non-hydrogen) atoms. The zero-order chi connectivity index (χ0) is 15.3. The van der Waals surface area contributed by atoms with Gasteiger partial charge < -0.3 is 10.1 Å². The van der Waals surface area contributed by atoms with Crippen LogP contribution >= 0.6 is 0 Å². The molecule has 1 fully saturated rings. The maximum atomic E-state index is 12.1. The Morgan fingerprint density at radius 1 is 1.24 bits per heavy atom. The van der Waals surface area contributed by atoms with E-state index < -0.39 is 12.8 Å². The van der Waals surface area contributed by atoms with E-state index in [1.54, 1.807) is 0 Å². The van der Waals surface area contributed by atoms with Crippen LogP contribution in [0.1, 0.15) is 31.2 Å². The van der Waals surface area contributed by atoms with Gasteiger partial charge in [-0.2, -0.15) is 18.4 Å². The molecule has 0 saturated heterocycles. The summed E-state index contributed by atoms with van der Waals surface area (Å²) in [5.41, 5.74) is 0.379. The first-order valence-electron chi connectivity index (χ1n) is 6.63. The lowest BCUT2D eigenvalue weighted by Gasteiger charge is -2.29. The molecule has 0 unspecified atom stereocenters. The fourth-order valence-corrected chi connectivity index (χ4v) is 2.23. The molecule has 114 valence electrons. The first kappa shape index (κ1) is 15.5. The van der Waals surface area contributed by atoms with Crippen molar-refractivity contribution in [2.45, 2.75) is 44.0 Å². The van der Waals surface area contributed by atoms with Crippen LogP contribution in [-0.2, 0) is 4.74 Å². The number of aromatic nitrogens is 2. The van der Waals surface area contributed by atoms with Crippen LogP contribution in [0.5, 0.6) is 0 Å². The van der Waals surface area contributed by atoms with E-state index in [2.05, 4.69) is 15.3 Å². The molecule has 1 N–H and O–H groups in total. The van der Waals surface area contributed by atoms with Gasteiger partial charge in [-0.05, 0) is 25.7 Å². The third-order valence-electron chi connectivity index (χ3n) is 3.27. The van der Waals surface area contributed by atoms with Crippen LogP contribution in [0.15, 0.2) is 12.4 Å². The highest BCUT2D eigenvalue weighted by molar-refractivity contribution is 5.30. The average Bonchev–Trinajstić information content (AvgIpc) is 2.46. The van der Waals surface area contributed by atoms with Gasteiger partial charge in [0.2, 0.25) is 5.95 Å². The molecule has 0 bridgehead atoms. The number of rotatable bonds is 4. The highest BCUT2D eigenvalue weighted by Gasteiger charge is 2.30. The molecule has 1 saturated carbocycles. The van der Waals surface area contributed by atoms with Crippen LogP contribution in [0, 0.1) is 11.3 Å². The van der Waals surface area contributed by atoms with Crippen LogP contribution in [0.25, 0.3) is 0 Å². The van der Waals surface area contributed by atoms with Crippen molar-refractivity contribution in [1.29, 1.82) is 5.26 Å². The summed E-state index contributed by atoms with van der Waals surface area (Å²) in [5.74, 6) is 0.425. The van der Waals surface area contributed by atoms with Crippen LogP contribution in [0.2, 0.25) is 0 Å². The van der Waals surface area contributed by atoms with Gasteiger partial charge in [0.05, 0.1) is 24.1 Å². The summed E-state index contributed by atoms with van der Waals surface area (Å²) in [6, 6.07) is 2.04. The average molecular weight is 300 g/mol. The number of ether oxygens (including phenoxy) is 1. The molecule has 1 aliphatic carbocycles. The highest BCUT2D eigenvalue weighted by atomic mass is 19.4. The Hall–Kier alpha value is -1.88. The zero-order valence-corrected chi connectivity index (χ0v) is 11.2. The molecule has 2 rings (SSSR count). The molecule has 8 heteroatoms. The van der Waals surface area contributed by atoms with Crippen molar-refractivity contribution in [1.82, 2.24) is 9.97 Å². The first-order valence-corrected chi connectivity index (χ1v) is 6.63. The molecule has 0 spiro atoms. The van der Waals surface area contributed by atoms with Gasteiger partial charge in [-0.25, -0.2) is 9.97 Å². The predicted molar refractivity (Wildman–Crippen MR) is 68.4 cm³/mol. The smallest absolute Gasteiger partial charge is 0.369 e. The second-order valence-electron chi connectivity index (χ2n) is 4.95. The van der Waals surface area contributed by atoms with Gasteiger partial charge in [-0.15, -0.1) is 0 Å². The van der Waals surface area contributed by atoms with E-state index in [9.17, 15) is 13.2 Å². The monoisotopic (exact) mass is 300 g/mol. The lowest BCUT2D eigenvalue weighted by Crippen LogP contribution is -2.32. The number of nitrogens with one attached hydrogen (secondary N) is 1. The van der Waals surface area contributed by atoms with Gasteiger partial charge in [-0.1, -0.05) is 0 Å². The molecular weight excluding hydrogens is 285 g/mol. The van der Waals surface area contributed by atoms with Crippen molar-refractivity contribution in [2.24, 2.45) is 0 Å². The van der Waals surface area contributed by atoms with E-state index in [1.807, 2.05) is 6.07 Å². The largest absolute Gasteiger partial charge is 0.411 e. The number of halogens is 3. The van der Waals surface area contributed by atoms with E-state index >= 15 is 0 Å². The number of anilines is 1. The van der Waals surface area contributed by atoms with Crippen LogP contribution in [0.4, 0.5) is 19.1 Å². The Morgan fingerprint density at radius 2 is 1.86 bits per heavy atom. The van der Waals surface area contributed by atoms with Gasteiger partial charge in [0, 0.05) is 6.04 Å². The van der Waals surface area contributed by atoms with Crippen molar-refractivity contribution >= 4 is 5.95 Å². The summed E-state index contributed by atoms with van der Waals surface area (Å²) in [4.78, 5) is 8.01. The van der Waals surface area contributed by atoms with Crippen LogP contribution < -0.4 is 5.32 Å². The third-order valence-corrected chi connectivity index (χ3v) is 3.27. The third kappa shape index (κ3) is 5.19. The summed E-state index contributed by atoms with van der Waals surface area (Å²) >= 11 is 0. The second kappa shape index (κ2) is 6.72. The van der Waals surface area contributed by atoms with E-state index in [0.29, 0.717) is 37.2 Å². The van der Waals surface area contributed by atoms with Crippen molar-refractivity contribution in [3.63, 3.8) is 0 Å². The second-order valence-corrected chi connectivity index (χ2v) is 4.95.